The van der Waals surface area contributed by atoms with Crippen molar-refractivity contribution in [3.63, 3.8) is 0 Å². The van der Waals surface area contributed by atoms with Crippen LogP contribution in [0.5, 0.6) is 17.2 Å². The first kappa shape index (κ1) is 44.2. The molecule has 0 aromatic heterocycles. The number of phenols is 2. The minimum absolute atomic E-state index is 0.00723. The van der Waals surface area contributed by atoms with Crippen LogP contribution in [0.2, 0.25) is 0 Å². The number of rotatable bonds is 3. The maximum Gasteiger partial charge on any atom is 0.312 e. The zero-order valence-electron chi connectivity index (χ0n) is 35.6. The Bertz CT molecular complexity index is 2230. The lowest BCUT2D eigenvalue weighted by atomic mass is 9.78. The van der Waals surface area contributed by atoms with Gasteiger partial charge in [-0.3, -0.25) is 19.6 Å². The molecule has 2 aromatic carbocycles. The van der Waals surface area contributed by atoms with Crippen molar-refractivity contribution >= 4 is 28.2 Å². The lowest BCUT2D eigenvalue weighted by Gasteiger charge is -2.49. The molecule has 0 unspecified atom stereocenters. The van der Waals surface area contributed by atoms with E-state index in [1.54, 1.807) is 52.8 Å². The number of anilines is 1. The topological polar surface area (TPSA) is 223 Å². The highest BCUT2D eigenvalue weighted by Gasteiger charge is 2.50. The molecule has 59 heavy (non-hydrogen) atoms. The average molecular weight is 821 g/mol. The number of benzene rings is 2. The van der Waals surface area contributed by atoms with Crippen LogP contribution in [0.4, 0.5) is 5.69 Å². The average Bonchev–Trinajstić information content (AvgIpc) is 3.69. The van der Waals surface area contributed by atoms with E-state index in [-0.39, 0.29) is 81.5 Å². The summed E-state index contributed by atoms with van der Waals surface area (Å²) in [4.78, 5) is 38.6. The maximum absolute atomic E-state index is 14.6. The number of fused-ring (bicyclic) bond motifs is 1. The molecule has 1 fully saturated rings. The molecule has 1 amide bonds. The maximum atomic E-state index is 14.6. The fourth-order valence-corrected chi connectivity index (χ4v) is 9.05. The van der Waals surface area contributed by atoms with Gasteiger partial charge >= 0.3 is 5.79 Å². The van der Waals surface area contributed by atoms with Crippen molar-refractivity contribution in [3.05, 3.63) is 63.2 Å². The third-order valence-electron chi connectivity index (χ3n) is 12.9. The molecule has 1 saturated heterocycles. The lowest BCUT2D eigenvalue weighted by Crippen LogP contribution is -2.54. The van der Waals surface area contributed by atoms with Crippen LogP contribution in [0.15, 0.2) is 46.1 Å². The van der Waals surface area contributed by atoms with Crippen molar-refractivity contribution in [3.8, 4) is 17.2 Å². The van der Waals surface area contributed by atoms with Crippen molar-refractivity contribution < 1.29 is 54.0 Å². The van der Waals surface area contributed by atoms with E-state index in [9.17, 15) is 40.3 Å². The number of piperidine rings is 1. The van der Waals surface area contributed by atoms with E-state index in [1.807, 2.05) is 13.8 Å². The number of amides is 1. The Morgan fingerprint density at radius 1 is 0.932 bits per heavy atom. The Morgan fingerprint density at radius 2 is 1.54 bits per heavy atom. The number of hydrogen-bond donors (Lipinski definition) is 6. The summed E-state index contributed by atoms with van der Waals surface area (Å²) in [6.07, 6.45) is 4.20. The Kier molecular flexibility index (Phi) is 12.2. The molecule has 4 heterocycles. The SMILES string of the molecule is CO[C@H]1/C=C/O[C@@]2(C)Oc3c(C)c(O)c4c(O)c(c5c(c4c3C2=O)=NC2(CC[N+]([O-])(CC(C)C)CC2)N=5)NC(=O)/C(C)=C\C=C\[C@H](C)[C@H](O)[C@@H](C)[C@@H](O)[C@@H](C)[C@H](O)[C@@H]1C. The van der Waals surface area contributed by atoms with Crippen molar-refractivity contribution in [2.75, 3.05) is 32.1 Å². The van der Waals surface area contributed by atoms with E-state index >= 15 is 0 Å². The summed E-state index contributed by atoms with van der Waals surface area (Å²) < 4.78 is 17.5. The third-order valence-corrected chi connectivity index (χ3v) is 12.9. The fourth-order valence-electron chi connectivity index (χ4n) is 9.05. The molecule has 4 aliphatic rings. The molecule has 0 saturated carbocycles. The molecule has 9 atom stereocenters. The van der Waals surface area contributed by atoms with Gasteiger partial charge in [0.15, 0.2) is 11.4 Å². The zero-order valence-corrected chi connectivity index (χ0v) is 35.6. The van der Waals surface area contributed by atoms with Gasteiger partial charge in [-0.15, -0.1) is 0 Å². The van der Waals surface area contributed by atoms with E-state index < -0.39 is 87.4 Å². The number of ether oxygens (including phenoxy) is 3. The Morgan fingerprint density at radius 3 is 2.17 bits per heavy atom. The Balaban J connectivity index is 1.55. The smallest absolute Gasteiger partial charge is 0.312 e. The number of carbonyl (C=O) groups is 2. The monoisotopic (exact) mass is 820 g/mol. The summed E-state index contributed by atoms with van der Waals surface area (Å²) in [5.74, 6) is -6.37. The zero-order chi connectivity index (χ0) is 43.5. The molecule has 1 spiro atoms. The molecule has 15 heteroatoms. The van der Waals surface area contributed by atoms with Gasteiger partial charge in [-0.1, -0.05) is 59.8 Å². The third kappa shape index (κ3) is 7.88. The van der Waals surface area contributed by atoms with Gasteiger partial charge in [0.25, 0.3) is 11.7 Å². The Hall–Kier alpha value is -4.38. The van der Waals surface area contributed by atoms with Crippen molar-refractivity contribution in [2.24, 2.45) is 39.6 Å². The van der Waals surface area contributed by atoms with Gasteiger partial charge in [0, 0.05) is 73.0 Å². The van der Waals surface area contributed by atoms with Crippen LogP contribution >= 0.6 is 0 Å². The first-order chi connectivity index (χ1) is 27.6. The van der Waals surface area contributed by atoms with Gasteiger partial charge in [0.05, 0.1) is 66.6 Å². The molecule has 6 N–H and O–H groups in total. The van der Waals surface area contributed by atoms with Crippen LogP contribution in [0, 0.1) is 41.7 Å². The van der Waals surface area contributed by atoms with Gasteiger partial charge in [0.2, 0.25) is 0 Å². The highest BCUT2D eigenvalue weighted by molar-refractivity contribution is 6.19. The largest absolute Gasteiger partial charge is 0.633 e. The summed E-state index contributed by atoms with van der Waals surface area (Å²) >= 11 is 0. The molecule has 4 bridgehead atoms. The normalized spacial score (nSPS) is 37.3. The number of aliphatic hydroxyl groups excluding tert-OH is 3. The predicted octanol–water partition coefficient (Wildman–Crippen LogP) is 4.19. The summed E-state index contributed by atoms with van der Waals surface area (Å²) in [5, 5.41) is 74.4. The number of methoxy groups -OCH3 is 1. The van der Waals surface area contributed by atoms with Crippen molar-refractivity contribution in [2.45, 2.75) is 111 Å². The second-order valence-corrected chi connectivity index (χ2v) is 17.8. The number of carbonyl (C=O) groups excluding carboxylic acids is 2. The highest BCUT2D eigenvalue weighted by atomic mass is 16.7. The number of hydroxylamine groups is 3. The van der Waals surface area contributed by atoms with Crippen molar-refractivity contribution in [1.82, 2.24) is 0 Å². The van der Waals surface area contributed by atoms with E-state index in [0.717, 1.165) is 0 Å². The van der Waals surface area contributed by atoms with Gasteiger partial charge in [-0.05, 0) is 19.9 Å². The fraction of sp³-hybridized carbons (Fsp3) is 0.591. The Labute approximate surface area is 344 Å². The quantitative estimate of drug-likeness (QED) is 0.146. The van der Waals surface area contributed by atoms with Crippen LogP contribution < -0.4 is 20.8 Å². The number of phenolic OH excluding ortho intramolecular Hbond substituents is 2. The molecule has 0 aliphatic carbocycles. The first-order valence-corrected chi connectivity index (χ1v) is 20.5. The second kappa shape index (κ2) is 16.2. The number of aromatic hydroxyl groups is 2. The first-order valence-electron chi connectivity index (χ1n) is 20.5. The van der Waals surface area contributed by atoms with Gasteiger partial charge in [-0.25, -0.2) is 0 Å². The van der Waals surface area contributed by atoms with Crippen LogP contribution in [0.3, 0.4) is 0 Å². The molecule has 15 nitrogen and oxygen atoms in total. The van der Waals surface area contributed by atoms with Crippen LogP contribution in [0.25, 0.3) is 10.8 Å². The number of likely N-dealkylation sites (tertiary alicyclic amines) is 1. The number of quaternary nitrogens is 1. The van der Waals surface area contributed by atoms with E-state index in [4.69, 9.17) is 24.2 Å². The molecular formula is C44H60N4O11. The van der Waals surface area contributed by atoms with E-state index in [0.29, 0.717) is 6.54 Å². The molecule has 4 aliphatic heterocycles. The molecule has 6 rings (SSSR count). The van der Waals surface area contributed by atoms with E-state index in [1.165, 1.54) is 33.3 Å². The van der Waals surface area contributed by atoms with Crippen molar-refractivity contribution in [1.29, 1.82) is 0 Å². The van der Waals surface area contributed by atoms with Crippen LogP contribution in [-0.4, -0.2) is 104 Å². The number of aliphatic hydroxyl groups is 3. The standard InChI is InChI=1S/C44H60N4O11/c1-21(2)20-48(56)17-15-44(16-18-48)46-32-29-30-38(52)27(8)40-31(29)41(54)43(9,59-40)58-19-14-28(57-10)24(5)36(50)26(7)37(51)25(6)35(49)22(3)12-11-13-23(4)42(55)45-34(39(30)53)33(32)47-44/h11-14,19,21-22,24-26,28,35-37,49-53H,15-18,20H2,1-10H3,(H,45,55)/b12-11+,19-14+,23-13-/t22-,24+,25+,26-,28-,35-,36+,37+,43-,44?,48?/m0/s1. The van der Waals surface area contributed by atoms with Gasteiger partial charge in [0.1, 0.15) is 22.5 Å². The predicted molar refractivity (Wildman–Crippen MR) is 220 cm³/mol. The van der Waals surface area contributed by atoms with E-state index in [2.05, 4.69) is 5.32 Å². The summed E-state index contributed by atoms with van der Waals surface area (Å²) in [6, 6.07) is 0. The number of Topliss-reactive ketones (excluding diaryl/α,β-unsaturated/α-hetero) is 1. The number of hydrogen-bond acceptors (Lipinski definition) is 13. The summed E-state index contributed by atoms with van der Waals surface area (Å²) in [5.41, 5.74) is -0.916. The summed E-state index contributed by atoms with van der Waals surface area (Å²) in [6.45, 7) is 16.3. The number of allylic oxidation sites excluding steroid dienone is 2. The minimum atomic E-state index is -1.97. The van der Waals surface area contributed by atoms with Crippen LogP contribution in [0.1, 0.15) is 84.2 Å². The second-order valence-electron chi connectivity index (χ2n) is 17.8. The number of nitrogens with one attached hydrogen (secondary N) is 1. The molecule has 2 aromatic rings. The molecular weight excluding hydrogens is 761 g/mol. The van der Waals surface area contributed by atoms with Gasteiger partial charge < -0.3 is 54.9 Å². The van der Waals surface area contributed by atoms with Crippen LogP contribution in [-0.2, 0) is 14.3 Å². The minimum Gasteiger partial charge on any atom is -0.633 e. The molecule has 0 radical (unpaired) electrons. The molecule has 322 valence electrons. The number of ketones is 1. The lowest BCUT2D eigenvalue weighted by molar-refractivity contribution is -0.889. The highest BCUT2D eigenvalue weighted by Crippen LogP contribution is 2.50. The van der Waals surface area contributed by atoms with Gasteiger partial charge in [-0.2, -0.15) is 0 Å². The number of nitrogens with zero attached hydrogens (tertiary/aromatic N) is 3. The summed E-state index contributed by atoms with van der Waals surface area (Å²) in [7, 11) is 1.45.